The van der Waals surface area contributed by atoms with Crippen LogP contribution in [0, 0.1) is 0 Å². The third-order valence-electron chi connectivity index (χ3n) is 6.13. The number of nitrogens with zero attached hydrogens (tertiary/aromatic N) is 2. The zero-order valence-electron chi connectivity index (χ0n) is 25.1. The van der Waals surface area contributed by atoms with Crippen LogP contribution >= 0.6 is 7.75 Å². The molecule has 0 aliphatic carbocycles. The zero-order chi connectivity index (χ0) is 33.2. The van der Waals surface area contributed by atoms with Crippen molar-refractivity contribution in [1.29, 1.82) is 0 Å². The van der Waals surface area contributed by atoms with Gasteiger partial charge < -0.3 is 34.7 Å². The molecule has 0 radical (unpaired) electrons. The van der Waals surface area contributed by atoms with Gasteiger partial charge in [-0.3, -0.25) is 9.05 Å². The van der Waals surface area contributed by atoms with E-state index in [1.165, 1.54) is 7.05 Å². The summed E-state index contributed by atoms with van der Waals surface area (Å²) in [5.74, 6) is -1.66. The Morgan fingerprint density at radius 2 is 1.13 bits per heavy atom. The summed E-state index contributed by atoms with van der Waals surface area (Å²) in [6.07, 6.45) is -1.91. The number of hydrogen-bond donors (Lipinski definition) is 2. The van der Waals surface area contributed by atoms with Crippen LogP contribution in [0.25, 0.3) is 0 Å². The Balaban J connectivity index is 1.58. The maximum absolute atomic E-state index is 13.6. The van der Waals surface area contributed by atoms with Gasteiger partial charge in [0.2, 0.25) is 5.96 Å². The van der Waals surface area contributed by atoms with Gasteiger partial charge in [0.1, 0.15) is 32.5 Å². The first-order valence-electron chi connectivity index (χ1n) is 14.1. The summed E-state index contributed by atoms with van der Waals surface area (Å²) in [5.41, 5.74) is 8.28. The number of carbonyl (C=O) groups is 3. The van der Waals surface area contributed by atoms with Gasteiger partial charge in [0.15, 0.2) is 0 Å². The van der Waals surface area contributed by atoms with Crippen molar-refractivity contribution in [2.24, 2.45) is 10.5 Å². The first-order chi connectivity index (χ1) is 22.1. The lowest BCUT2D eigenvalue weighted by atomic mass is 10.1. The quantitative estimate of drug-likeness (QED) is 0.0665. The fraction of sp³-hybridized carbons (Fsp3) is 0.290. The topological polar surface area (TPSA) is 186 Å². The second-order valence-corrected chi connectivity index (χ2v) is 11.1. The van der Waals surface area contributed by atoms with Crippen LogP contribution in [0.4, 0.5) is 9.59 Å². The Hall–Kier alpha value is -4.91. The van der Waals surface area contributed by atoms with Gasteiger partial charge >= 0.3 is 26.0 Å². The number of rotatable bonds is 17. The molecule has 0 spiro atoms. The Morgan fingerprint density at radius 3 is 1.54 bits per heavy atom. The van der Waals surface area contributed by atoms with E-state index in [1.807, 2.05) is 12.1 Å². The molecule has 46 heavy (non-hydrogen) atoms. The molecule has 3 rings (SSSR count). The van der Waals surface area contributed by atoms with Crippen LogP contribution in [0.15, 0.2) is 95.8 Å². The second-order valence-electron chi connectivity index (χ2n) is 9.49. The molecule has 0 aliphatic rings. The number of carboxylic acid groups (broad SMARTS) is 1. The number of likely N-dealkylation sites (N-methyl/N-ethyl adjacent to an activating group) is 1. The molecule has 0 amide bonds. The van der Waals surface area contributed by atoms with Crippen LogP contribution in [0.3, 0.4) is 0 Å². The van der Waals surface area contributed by atoms with Crippen molar-refractivity contribution in [3.63, 3.8) is 0 Å². The fourth-order valence-electron chi connectivity index (χ4n) is 3.75. The van der Waals surface area contributed by atoms with E-state index >= 15 is 0 Å². The summed E-state index contributed by atoms with van der Waals surface area (Å²) in [6, 6.07) is 25.5. The van der Waals surface area contributed by atoms with Gasteiger partial charge in [-0.05, 0) is 16.7 Å². The van der Waals surface area contributed by atoms with E-state index in [9.17, 15) is 24.1 Å². The summed E-state index contributed by atoms with van der Waals surface area (Å²) in [6.45, 7) is -1.72. The van der Waals surface area contributed by atoms with Gasteiger partial charge in [0.05, 0.1) is 13.2 Å². The standard InChI is InChI=1S/C31H36N3O11P/c1-34(27(28(35)36)21-24-11-5-2-6-12-24)29(32)33-46(39,44-19-17-40-30(37)42-22-25-13-7-3-8-14-25)45-20-18-41-31(38)43-23-26-15-9-4-10-16-26/h2-16,27H,17-23H2,1H3,(H,35,36)(H2,32,33,39). The number of ether oxygens (including phenoxy) is 4. The molecule has 0 aliphatic heterocycles. The van der Waals surface area contributed by atoms with E-state index in [1.54, 1.807) is 78.9 Å². The number of carbonyl (C=O) groups excluding carboxylic acids is 2. The molecule has 3 aromatic carbocycles. The molecule has 15 heteroatoms. The maximum Gasteiger partial charge on any atom is 0.508 e. The van der Waals surface area contributed by atoms with Crippen LogP contribution in [0.1, 0.15) is 16.7 Å². The van der Waals surface area contributed by atoms with Gasteiger partial charge in [-0.25, -0.2) is 18.9 Å². The van der Waals surface area contributed by atoms with Gasteiger partial charge in [-0.2, -0.15) is 0 Å². The number of benzene rings is 3. The Labute approximate surface area is 266 Å². The van der Waals surface area contributed by atoms with E-state index in [4.69, 9.17) is 33.7 Å². The summed E-state index contributed by atoms with van der Waals surface area (Å²) in [7, 11) is -3.10. The largest absolute Gasteiger partial charge is 0.508 e. The normalized spacial score (nSPS) is 12.1. The van der Waals surface area contributed by atoms with Crippen molar-refractivity contribution in [3.05, 3.63) is 108 Å². The minimum Gasteiger partial charge on any atom is -0.480 e. The summed E-state index contributed by atoms with van der Waals surface area (Å²) in [4.78, 5) is 37.1. The number of aliphatic carboxylic acids is 1. The molecule has 0 heterocycles. The zero-order valence-corrected chi connectivity index (χ0v) is 26.0. The maximum atomic E-state index is 13.6. The number of nitrogens with two attached hydrogens (primary N) is 1. The van der Waals surface area contributed by atoms with Gasteiger partial charge in [-0.15, -0.1) is 4.76 Å². The number of guanidine groups is 1. The molecular formula is C31H36N3O11P. The Morgan fingerprint density at radius 1 is 0.717 bits per heavy atom. The highest BCUT2D eigenvalue weighted by molar-refractivity contribution is 7.52. The Bertz CT molecular complexity index is 1390. The van der Waals surface area contributed by atoms with Crippen LogP contribution in [-0.2, 0) is 57.0 Å². The average molecular weight is 658 g/mol. The van der Waals surface area contributed by atoms with Crippen molar-refractivity contribution in [2.45, 2.75) is 25.7 Å². The SMILES string of the molecule is CN(C(N)=NP(=O)(OCCOC(=O)OCc1ccccc1)OCCOC(=O)OCc1ccccc1)C(Cc1ccccc1)C(=O)O. The van der Waals surface area contributed by atoms with E-state index in [-0.39, 0.29) is 32.8 Å². The molecular weight excluding hydrogens is 621 g/mol. The molecule has 3 aromatic rings. The molecule has 0 fully saturated rings. The highest BCUT2D eigenvalue weighted by Gasteiger charge is 2.30. The summed E-state index contributed by atoms with van der Waals surface area (Å²) < 4.78 is 48.0. The molecule has 0 saturated carbocycles. The summed E-state index contributed by atoms with van der Waals surface area (Å²) in [5, 5.41) is 9.83. The lowest BCUT2D eigenvalue weighted by molar-refractivity contribution is -0.141. The fourth-order valence-corrected chi connectivity index (χ4v) is 4.94. The minimum absolute atomic E-state index is 0.0171. The van der Waals surface area contributed by atoms with Crippen molar-refractivity contribution in [1.82, 2.24) is 4.90 Å². The van der Waals surface area contributed by atoms with Crippen LogP contribution in [-0.4, -0.2) is 73.8 Å². The van der Waals surface area contributed by atoms with Crippen LogP contribution < -0.4 is 5.73 Å². The molecule has 246 valence electrons. The van der Waals surface area contributed by atoms with Crippen molar-refractivity contribution < 1.29 is 52.1 Å². The predicted molar refractivity (Wildman–Crippen MR) is 166 cm³/mol. The van der Waals surface area contributed by atoms with Gasteiger partial charge in [0.25, 0.3) is 0 Å². The highest BCUT2D eigenvalue weighted by Crippen LogP contribution is 2.49. The molecule has 3 N–H and O–H groups in total. The van der Waals surface area contributed by atoms with Crippen LogP contribution in [0.5, 0.6) is 0 Å². The van der Waals surface area contributed by atoms with Crippen molar-refractivity contribution in [2.75, 3.05) is 33.5 Å². The highest BCUT2D eigenvalue weighted by atomic mass is 31.2. The smallest absolute Gasteiger partial charge is 0.480 e. The Kier molecular flexibility index (Phi) is 14.5. The third-order valence-corrected chi connectivity index (χ3v) is 7.59. The molecule has 1 unspecified atom stereocenters. The number of carboxylic acids is 1. The van der Waals surface area contributed by atoms with E-state index in [0.717, 1.165) is 21.6 Å². The van der Waals surface area contributed by atoms with Crippen molar-refractivity contribution in [3.8, 4) is 0 Å². The molecule has 0 aromatic heterocycles. The molecule has 14 nitrogen and oxygen atoms in total. The van der Waals surface area contributed by atoms with Gasteiger partial charge in [-0.1, -0.05) is 91.0 Å². The summed E-state index contributed by atoms with van der Waals surface area (Å²) >= 11 is 0. The predicted octanol–water partition coefficient (Wildman–Crippen LogP) is 4.78. The van der Waals surface area contributed by atoms with E-state index in [0.29, 0.717) is 0 Å². The van der Waals surface area contributed by atoms with Crippen LogP contribution in [0.2, 0.25) is 0 Å². The van der Waals surface area contributed by atoms with E-state index in [2.05, 4.69) is 4.76 Å². The first-order valence-corrected chi connectivity index (χ1v) is 15.6. The average Bonchev–Trinajstić information content (AvgIpc) is 3.06. The third kappa shape index (κ3) is 13.0. The lowest BCUT2D eigenvalue weighted by Gasteiger charge is -2.26. The molecule has 0 saturated heterocycles. The van der Waals surface area contributed by atoms with Crippen molar-refractivity contribution >= 4 is 32.0 Å². The number of hydrogen-bond acceptors (Lipinski definition) is 10. The molecule has 1 atom stereocenters. The minimum atomic E-state index is -4.46. The first kappa shape index (κ1) is 35.6. The second kappa shape index (κ2) is 18.8. The molecule has 0 bridgehead atoms. The lowest BCUT2D eigenvalue weighted by Crippen LogP contribution is -2.47. The van der Waals surface area contributed by atoms with Gasteiger partial charge in [0, 0.05) is 13.5 Å². The monoisotopic (exact) mass is 657 g/mol. The van der Waals surface area contributed by atoms with E-state index < -0.39 is 51.2 Å².